The molecular formula is C18H13BrF3N3O2. The highest BCUT2D eigenvalue weighted by Gasteiger charge is 2.30. The molecule has 0 fully saturated rings. The molecule has 0 radical (unpaired) electrons. The van der Waals surface area contributed by atoms with Crippen LogP contribution in [0, 0.1) is 6.92 Å². The Labute approximate surface area is 160 Å². The fraction of sp³-hybridized carbons (Fsp3) is 0.167. The summed E-state index contributed by atoms with van der Waals surface area (Å²) >= 11 is 3.40. The number of carbonyl (C=O) groups is 1. The molecule has 0 aliphatic carbocycles. The van der Waals surface area contributed by atoms with Gasteiger partial charge in [-0.15, -0.1) is 5.10 Å². The van der Waals surface area contributed by atoms with Gasteiger partial charge < -0.3 is 4.74 Å². The number of benzene rings is 2. The Balaban J connectivity index is 1.76. The third-order valence-electron chi connectivity index (χ3n) is 3.79. The van der Waals surface area contributed by atoms with E-state index in [4.69, 9.17) is 4.74 Å². The molecule has 1 heterocycles. The van der Waals surface area contributed by atoms with Gasteiger partial charge in [0.05, 0.1) is 16.9 Å². The minimum absolute atomic E-state index is 0.00210. The third-order valence-corrected chi connectivity index (χ3v) is 4.46. The van der Waals surface area contributed by atoms with E-state index in [0.29, 0.717) is 11.4 Å². The lowest BCUT2D eigenvalue weighted by molar-refractivity contribution is -0.137. The zero-order valence-corrected chi connectivity index (χ0v) is 15.6. The molecule has 0 spiro atoms. The lowest BCUT2D eigenvalue weighted by Crippen LogP contribution is -2.10. The average Bonchev–Trinajstić information content (AvgIpc) is 3.01. The summed E-state index contributed by atoms with van der Waals surface area (Å²) in [6.45, 7) is 1.35. The van der Waals surface area contributed by atoms with Crippen molar-refractivity contribution < 1.29 is 22.7 Å². The molecular weight excluding hydrogens is 427 g/mol. The van der Waals surface area contributed by atoms with Crippen molar-refractivity contribution in [2.24, 2.45) is 0 Å². The van der Waals surface area contributed by atoms with Crippen LogP contribution in [-0.2, 0) is 17.5 Å². The molecule has 0 aliphatic heterocycles. The Hall–Kier alpha value is -2.68. The monoisotopic (exact) mass is 439 g/mol. The van der Waals surface area contributed by atoms with E-state index in [1.807, 2.05) is 18.2 Å². The van der Waals surface area contributed by atoms with Gasteiger partial charge in [0.25, 0.3) is 0 Å². The predicted octanol–water partition coefficient (Wildman–Crippen LogP) is 4.71. The molecule has 9 heteroatoms. The molecule has 1 aromatic heterocycles. The van der Waals surface area contributed by atoms with Crippen LogP contribution in [0.25, 0.3) is 5.69 Å². The van der Waals surface area contributed by atoms with Gasteiger partial charge in [0, 0.05) is 4.47 Å². The highest BCUT2D eigenvalue weighted by atomic mass is 79.9. The second kappa shape index (κ2) is 7.51. The van der Waals surface area contributed by atoms with Crippen LogP contribution >= 0.6 is 15.9 Å². The number of rotatable bonds is 4. The van der Waals surface area contributed by atoms with Gasteiger partial charge in [-0.05, 0) is 52.7 Å². The van der Waals surface area contributed by atoms with Crippen LogP contribution in [-0.4, -0.2) is 21.0 Å². The molecule has 0 aliphatic rings. The van der Waals surface area contributed by atoms with Gasteiger partial charge in [0.15, 0.2) is 5.69 Å². The maximum atomic E-state index is 12.7. The topological polar surface area (TPSA) is 57.0 Å². The first-order valence-electron chi connectivity index (χ1n) is 7.78. The zero-order chi connectivity index (χ0) is 19.6. The predicted molar refractivity (Wildman–Crippen MR) is 94.4 cm³/mol. The van der Waals surface area contributed by atoms with Crippen molar-refractivity contribution in [2.45, 2.75) is 19.7 Å². The highest BCUT2D eigenvalue weighted by molar-refractivity contribution is 9.10. The maximum absolute atomic E-state index is 12.7. The van der Waals surface area contributed by atoms with Gasteiger partial charge in [0.1, 0.15) is 6.61 Å². The highest BCUT2D eigenvalue weighted by Crippen LogP contribution is 2.29. The van der Waals surface area contributed by atoms with Gasteiger partial charge in [-0.1, -0.05) is 29.5 Å². The van der Waals surface area contributed by atoms with Crippen molar-refractivity contribution in [3.05, 3.63) is 75.5 Å². The lowest BCUT2D eigenvalue weighted by Gasteiger charge is -2.09. The standard InChI is InChI=1S/C18H13BrF3N3O2/c1-11-16(23-24-25(11)15-8-3-2-7-14(15)19)17(26)27-10-12-5-4-6-13(9-12)18(20,21)22/h2-9H,10H2,1H3. The van der Waals surface area contributed by atoms with Crippen LogP contribution in [0.4, 0.5) is 13.2 Å². The lowest BCUT2D eigenvalue weighted by atomic mass is 10.1. The van der Waals surface area contributed by atoms with Crippen LogP contribution in [0.5, 0.6) is 0 Å². The van der Waals surface area contributed by atoms with E-state index in [1.165, 1.54) is 16.8 Å². The fourth-order valence-corrected chi connectivity index (χ4v) is 2.88. The van der Waals surface area contributed by atoms with Crippen LogP contribution in [0.1, 0.15) is 27.3 Å². The molecule has 3 rings (SSSR count). The molecule has 0 N–H and O–H groups in total. The quantitative estimate of drug-likeness (QED) is 0.552. The Kier molecular flexibility index (Phi) is 5.31. The number of ether oxygens (including phenoxy) is 1. The second-order valence-electron chi connectivity index (χ2n) is 5.66. The van der Waals surface area contributed by atoms with Crippen molar-refractivity contribution in [2.75, 3.05) is 0 Å². The van der Waals surface area contributed by atoms with Gasteiger partial charge in [-0.2, -0.15) is 13.2 Å². The summed E-state index contributed by atoms with van der Waals surface area (Å²) in [7, 11) is 0. The van der Waals surface area contributed by atoms with E-state index in [9.17, 15) is 18.0 Å². The summed E-state index contributed by atoms with van der Waals surface area (Å²) in [5, 5.41) is 7.80. The largest absolute Gasteiger partial charge is 0.456 e. The fourth-order valence-electron chi connectivity index (χ4n) is 2.42. The summed E-state index contributed by atoms with van der Waals surface area (Å²) in [4.78, 5) is 12.3. The van der Waals surface area contributed by atoms with E-state index in [1.54, 1.807) is 13.0 Å². The number of para-hydroxylation sites is 1. The van der Waals surface area contributed by atoms with E-state index < -0.39 is 17.7 Å². The molecule has 3 aromatic rings. The normalized spacial score (nSPS) is 11.4. The molecule has 27 heavy (non-hydrogen) atoms. The second-order valence-corrected chi connectivity index (χ2v) is 6.52. The Morgan fingerprint density at radius 1 is 1.19 bits per heavy atom. The number of hydrogen-bond donors (Lipinski definition) is 0. The molecule has 0 atom stereocenters. The van der Waals surface area contributed by atoms with Crippen molar-refractivity contribution in [1.29, 1.82) is 0 Å². The zero-order valence-electron chi connectivity index (χ0n) is 14.0. The van der Waals surface area contributed by atoms with E-state index in [-0.39, 0.29) is 17.9 Å². The number of hydrogen-bond acceptors (Lipinski definition) is 4. The summed E-state index contributed by atoms with van der Waals surface area (Å²) in [5.74, 6) is -0.761. The Morgan fingerprint density at radius 2 is 1.93 bits per heavy atom. The molecule has 5 nitrogen and oxygen atoms in total. The summed E-state index contributed by atoms with van der Waals surface area (Å²) in [6, 6.07) is 11.9. The molecule has 0 saturated heterocycles. The number of aromatic nitrogens is 3. The molecule has 0 saturated carbocycles. The van der Waals surface area contributed by atoms with Crippen molar-refractivity contribution in [3.63, 3.8) is 0 Å². The minimum Gasteiger partial charge on any atom is -0.456 e. The van der Waals surface area contributed by atoms with Crippen LogP contribution < -0.4 is 0 Å². The Bertz CT molecular complexity index is 986. The van der Waals surface area contributed by atoms with Crippen molar-refractivity contribution in [1.82, 2.24) is 15.0 Å². The summed E-state index contributed by atoms with van der Waals surface area (Å²) in [6.07, 6.45) is -4.46. The first kappa shape index (κ1) is 19.1. The van der Waals surface area contributed by atoms with Crippen LogP contribution in [0.3, 0.4) is 0 Å². The summed E-state index contributed by atoms with van der Waals surface area (Å²) < 4.78 is 45.6. The molecule has 140 valence electrons. The first-order valence-corrected chi connectivity index (χ1v) is 8.57. The average molecular weight is 440 g/mol. The number of carbonyl (C=O) groups excluding carboxylic acids is 1. The number of nitrogens with zero attached hydrogens (tertiary/aromatic N) is 3. The van der Waals surface area contributed by atoms with Crippen molar-refractivity contribution >= 4 is 21.9 Å². The third kappa shape index (κ3) is 4.19. The number of alkyl halides is 3. The molecule has 0 bridgehead atoms. The van der Waals surface area contributed by atoms with Crippen LogP contribution in [0.2, 0.25) is 0 Å². The van der Waals surface area contributed by atoms with Gasteiger partial charge in [-0.25, -0.2) is 9.48 Å². The SMILES string of the molecule is Cc1c(C(=O)OCc2cccc(C(F)(F)F)c2)nnn1-c1ccccc1Br. The first-order chi connectivity index (χ1) is 12.8. The number of halogens is 4. The van der Waals surface area contributed by atoms with E-state index >= 15 is 0 Å². The van der Waals surface area contributed by atoms with Gasteiger partial charge >= 0.3 is 12.1 Å². The van der Waals surface area contributed by atoms with E-state index in [2.05, 4.69) is 26.2 Å². The molecule has 0 unspecified atom stereocenters. The Morgan fingerprint density at radius 3 is 2.63 bits per heavy atom. The number of esters is 1. The van der Waals surface area contributed by atoms with Crippen LogP contribution in [0.15, 0.2) is 53.0 Å². The minimum atomic E-state index is -4.46. The van der Waals surface area contributed by atoms with Crippen molar-refractivity contribution in [3.8, 4) is 5.69 Å². The smallest absolute Gasteiger partial charge is 0.416 e. The van der Waals surface area contributed by atoms with Gasteiger partial charge in [-0.3, -0.25) is 0 Å². The maximum Gasteiger partial charge on any atom is 0.416 e. The summed E-state index contributed by atoms with van der Waals surface area (Å²) in [5.41, 5.74) is 0.578. The molecule has 2 aromatic carbocycles. The molecule has 0 amide bonds. The van der Waals surface area contributed by atoms with E-state index in [0.717, 1.165) is 16.6 Å². The van der Waals surface area contributed by atoms with Gasteiger partial charge in [0.2, 0.25) is 0 Å².